The van der Waals surface area contributed by atoms with Gasteiger partial charge in [-0.1, -0.05) is 0 Å². The number of hydrogen-bond acceptors (Lipinski definition) is 3. The first-order valence-electron chi connectivity index (χ1n) is 3.58. The van der Waals surface area contributed by atoms with Crippen LogP contribution in [-0.4, -0.2) is 11.9 Å². The summed E-state index contributed by atoms with van der Waals surface area (Å²) in [6.07, 6.45) is 1.40. The van der Waals surface area contributed by atoms with E-state index >= 15 is 0 Å². The number of nitrogens with one attached hydrogen (secondary N) is 1. The maximum Gasteiger partial charge on any atom is 0.256 e. The van der Waals surface area contributed by atoms with Crippen LogP contribution in [0.1, 0.15) is 17.3 Å². The van der Waals surface area contributed by atoms with Crippen LogP contribution < -0.4 is 5.32 Å². The molecule has 1 N–H and O–H groups in total. The average molecular weight is 243 g/mol. The van der Waals surface area contributed by atoms with Crippen molar-refractivity contribution >= 4 is 21.8 Å². The van der Waals surface area contributed by atoms with Crippen molar-refractivity contribution in [2.24, 2.45) is 0 Å². The van der Waals surface area contributed by atoms with Gasteiger partial charge in [0.2, 0.25) is 0 Å². The smallest absolute Gasteiger partial charge is 0.256 e. The zero-order valence-electron chi connectivity index (χ0n) is 6.87. The van der Waals surface area contributed by atoms with E-state index in [0.29, 0.717) is 10.2 Å². The molecule has 0 bridgehead atoms. The highest BCUT2D eigenvalue weighted by Crippen LogP contribution is 2.17. The molecule has 68 valence electrons. The molecule has 5 heteroatoms. The molecule has 1 heterocycles. The Balaban J connectivity index is 2.71. The monoisotopic (exact) mass is 242 g/mol. The Morgan fingerprint density at radius 1 is 1.85 bits per heavy atom. The van der Waals surface area contributed by atoms with Crippen LogP contribution in [0.25, 0.3) is 0 Å². The second-order valence-electron chi connectivity index (χ2n) is 2.43. The van der Waals surface area contributed by atoms with E-state index < -0.39 is 6.04 Å². The van der Waals surface area contributed by atoms with Gasteiger partial charge in [0.1, 0.15) is 6.04 Å². The molecule has 0 saturated heterocycles. The summed E-state index contributed by atoms with van der Waals surface area (Å²) in [5, 5.41) is 10.9. The van der Waals surface area contributed by atoms with Crippen LogP contribution >= 0.6 is 15.9 Å². The van der Waals surface area contributed by atoms with Gasteiger partial charge < -0.3 is 9.73 Å². The molecule has 0 aromatic carbocycles. The van der Waals surface area contributed by atoms with E-state index in [0.717, 1.165) is 0 Å². The molecule has 0 aliphatic carbocycles. The summed E-state index contributed by atoms with van der Waals surface area (Å²) in [5.41, 5.74) is 0.391. The minimum atomic E-state index is -0.505. The average Bonchev–Trinajstić information content (AvgIpc) is 2.51. The minimum Gasteiger partial charge on any atom is -0.457 e. The predicted molar refractivity (Wildman–Crippen MR) is 48.9 cm³/mol. The van der Waals surface area contributed by atoms with Crippen molar-refractivity contribution in [3.05, 3.63) is 22.6 Å². The van der Waals surface area contributed by atoms with Crippen molar-refractivity contribution in [2.75, 3.05) is 0 Å². The Morgan fingerprint density at radius 3 is 3.00 bits per heavy atom. The summed E-state index contributed by atoms with van der Waals surface area (Å²) in [5.74, 6) is -0.324. The number of halogens is 1. The van der Waals surface area contributed by atoms with Gasteiger partial charge in [0.25, 0.3) is 5.91 Å². The number of amides is 1. The largest absolute Gasteiger partial charge is 0.457 e. The molecule has 1 amide bonds. The number of nitriles is 1. The molecule has 4 nitrogen and oxygen atoms in total. The first-order valence-corrected chi connectivity index (χ1v) is 4.38. The van der Waals surface area contributed by atoms with Crippen molar-refractivity contribution < 1.29 is 9.21 Å². The second-order valence-corrected chi connectivity index (χ2v) is 3.15. The molecule has 0 fully saturated rings. The maximum absolute atomic E-state index is 11.3. The fourth-order valence-electron chi connectivity index (χ4n) is 0.762. The van der Waals surface area contributed by atoms with Crippen LogP contribution in [0.3, 0.4) is 0 Å². The lowest BCUT2D eigenvalue weighted by Crippen LogP contribution is -2.31. The SMILES string of the molecule is CC(C#N)NC(=O)c1ccoc1Br. The summed E-state index contributed by atoms with van der Waals surface area (Å²) in [6, 6.07) is 2.93. The third-order valence-electron chi connectivity index (χ3n) is 1.40. The van der Waals surface area contributed by atoms with Crippen molar-refractivity contribution in [3.63, 3.8) is 0 Å². The lowest BCUT2D eigenvalue weighted by atomic mass is 10.3. The third-order valence-corrected chi connectivity index (χ3v) is 2.02. The summed E-state index contributed by atoms with van der Waals surface area (Å²) < 4.78 is 5.24. The lowest BCUT2D eigenvalue weighted by Gasteiger charge is -2.03. The number of carbonyl (C=O) groups is 1. The van der Waals surface area contributed by atoms with E-state index in [1.165, 1.54) is 12.3 Å². The summed E-state index contributed by atoms with van der Waals surface area (Å²) in [4.78, 5) is 11.3. The molecule has 1 unspecified atom stereocenters. The highest BCUT2D eigenvalue weighted by atomic mass is 79.9. The first-order chi connectivity index (χ1) is 6.15. The Bertz CT molecular complexity index is 353. The third kappa shape index (κ3) is 2.33. The fourth-order valence-corrected chi connectivity index (χ4v) is 1.18. The Kier molecular flexibility index (Phi) is 3.09. The van der Waals surface area contributed by atoms with E-state index in [4.69, 9.17) is 9.68 Å². The number of furan rings is 1. The van der Waals surface area contributed by atoms with Gasteiger partial charge in [-0.25, -0.2) is 0 Å². The molecule has 0 aliphatic heterocycles. The molecule has 13 heavy (non-hydrogen) atoms. The van der Waals surface area contributed by atoms with E-state index in [9.17, 15) is 4.79 Å². The molecular formula is C8H7BrN2O2. The van der Waals surface area contributed by atoms with Crippen LogP contribution in [-0.2, 0) is 0 Å². The molecule has 0 radical (unpaired) electrons. The van der Waals surface area contributed by atoms with E-state index in [1.807, 2.05) is 6.07 Å². The van der Waals surface area contributed by atoms with Gasteiger partial charge in [0, 0.05) is 0 Å². The molecule has 1 aromatic heterocycles. The van der Waals surface area contributed by atoms with E-state index in [-0.39, 0.29) is 5.91 Å². The zero-order valence-corrected chi connectivity index (χ0v) is 8.46. The van der Waals surface area contributed by atoms with Crippen LogP contribution in [0, 0.1) is 11.3 Å². The van der Waals surface area contributed by atoms with Crippen molar-refractivity contribution in [3.8, 4) is 6.07 Å². The fraction of sp³-hybridized carbons (Fsp3) is 0.250. The number of hydrogen-bond donors (Lipinski definition) is 1. The highest BCUT2D eigenvalue weighted by Gasteiger charge is 2.13. The lowest BCUT2D eigenvalue weighted by molar-refractivity contribution is 0.0946. The summed E-state index contributed by atoms with van der Waals surface area (Å²) in [7, 11) is 0. The maximum atomic E-state index is 11.3. The molecule has 0 spiro atoms. The first kappa shape index (κ1) is 9.81. The zero-order chi connectivity index (χ0) is 9.84. The van der Waals surface area contributed by atoms with Gasteiger partial charge in [-0.15, -0.1) is 0 Å². The van der Waals surface area contributed by atoms with E-state index in [1.54, 1.807) is 6.92 Å². The van der Waals surface area contributed by atoms with Crippen LogP contribution in [0.2, 0.25) is 0 Å². The van der Waals surface area contributed by atoms with Crippen LogP contribution in [0.4, 0.5) is 0 Å². The van der Waals surface area contributed by atoms with E-state index in [2.05, 4.69) is 21.2 Å². The van der Waals surface area contributed by atoms with Gasteiger partial charge in [-0.3, -0.25) is 4.79 Å². The molecule has 1 rings (SSSR count). The molecule has 0 saturated carbocycles. The Hall–Kier alpha value is -1.28. The summed E-state index contributed by atoms with van der Waals surface area (Å²) >= 11 is 3.07. The van der Waals surface area contributed by atoms with Gasteiger partial charge in [0.05, 0.1) is 17.9 Å². The Labute approximate surface area is 83.7 Å². The molecule has 0 aliphatic rings. The number of rotatable bonds is 2. The highest BCUT2D eigenvalue weighted by molar-refractivity contribution is 9.10. The van der Waals surface area contributed by atoms with Crippen molar-refractivity contribution in [1.82, 2.24) is 5.32 Å². The quantitative estimate of drug-likeness (QED) is 0.859. The van der Waals surface area contributed by atoms with Crippen LogP contribution in [0.5, 0.6) is 0 Å². The van der Waals surface area contributed by atoms with Gasteiger partial charge >= 0.3 is 0 Å². The summed E-state index contributed by atoms with van der Waals surface area (Å²) in [6.45, 7) is 1.60. The molecular weight excluding hydrogens is 236 g/mol. The topological polar surface area (TPSA) is 66.0 Å². The standard InChI is InChI=1S/C8H7BrN2O2/c1-5(4-10)11-8(12)6-2-3-13-7(6)9/h2-3,5H,1H3,(H,11,12). The van der Waals surface area contributed by atoms with Crippen molar-refractivity contribution in [1.29, 1.82) is 5.26 Å². The van der Waals surface area contributed by atoms with Gasteiger partial charge in [-0.05, 0) is 28.9 Å². The predicted octanol–water partition coefficient (Wildman–Crippen LogP) is 1.68. The second kappa shape index (κ2) is 4.10. The van der Waals surface area contributed by atoms with Gasteiger partial charge in [-0.2, -0.15) is 5.26 Å². The minimum absolute atomic E-state index is 0.324. The number of carbonyl (C=O) groups excluding carboxylic acids is 1. The van der Waals surface area contributed by atoms with Gasteiger partial charge in [0.15, 0.2) is 4.67 Å². The molecule has 1 atom stereocenters. The molecule has 1 aromatic rings. The number of nitrogens with zero attached hydrogens (tertiary/aromatic N) is 1. The van der Waals surface area contributed by atoms with Crippen LogP contribution in [0.15, 0.2) is 21.4 Å². The van der Waals surface area contributed by atoms with Crippen molar-refractivity contribution in [2.45, 2.75) is 13.0 Å². The Morgan fingerprint density at radius 2 is 2.54 bits per heavy atom. The normalized spacial score (nSPS) is 11.8.